The van der Waals surface area contributed by atoms with Crippen molar-refractivity contribution in [1.82, 2.24) is 25.2 Å². The van der Waals surface area contributed by atoms with E-state index in [1.807, 2.05) is 13.0 Å². The van der Waals surface area contributed by atoms with Gasteiger partial charge >= 0.3 is 12.3 Å². The molecule has 2 aliphatic carbocycles. The van der Waals surface area contributed by atoms with Gasteiger partial charge in [-0.3, -0.25) is 14.4 Å². The second kappa shape index (κ2) is 15.5. The molecule has 57 heavy (non-hydrogen) atoms. The van der Waals surface area contributed by atoms with Gasteiger partial charge in [-0.25, -0.2) is 22.9 Å². The first-order chi connectivity index (χ1) is 26.6. The second-order valence-electron chi connectivity index (χ2n) is 16.1. The zero-order valence-corrected chi connectivity index (χ0v) is 33.7. The molecule has 0 spiro atoms. The predicted octanol–water partition coefficient (Wildman–Crippen LogP) is 5.09. The number of methoxy groups -OCH3 is 1. The lowest BCUT2D eigenvalue weighted by Gasteiger charge is -2.34. The number of ether oxygens (including phenoxy) is 3. The van der Waals surface area contributed by atoms with E-state index in [0.29, 0.717) is 49.6 Å². The Balaban J connectivity index is 1.36. The Kier molecular flexibility index (Phi) is 11.5. The van der Waals surface area contributed by atoms with Crippen LogP contribution in [0.3, 0.4) is 0 Å². The Bertz CT molecular complexity index is 2060. The maximum Gasteiger partial charge on any atom is 0.427 e. The van der Waals surface area contributed by atoms with Crippen molar-refractivity contribution in [3.8, 4) is 11.6 Å². The molecule has 3 fully saturated rings. The number of benzene rings is 1. The SMILES string of the molecule is COc1cnc(O[C@@H]2C[C@H]3C(=O)N[C@]4(C(=O)NS(=O)(=O)C5(Cl)CC5)C[C@H]4/C=C\CC[C@@H](C)C[C@@H](C)[C@H](NC(=O)OC(C)(C)C(F)(F)F)C(=O)N3C2)c2ccccc12. The van der Waals surface area contributed by atoms with Gasteiger partial charge in [-0.15, -0.1) is 0 Å². The minimum atomic E-state index is -4.92. The topological polar surface area (TPSA) is 182 Å². The Morgan fingerprint density at radius 2 is 1.77 bits per heavy atom. The number of rotatable bonds is 8. The van der Waals surface area contributed by atoms with Crippen molar-refractivity contribution in [2.24, 2.45) is 17.8 Å². The predicted molar refractivity (Wildman–Crippen MR) is 202 cm³/mol. The number of pyridine rings is 1. The molecule has 14 nitrogen and oxygen atoms in total. The molecular formula is C38H47ClF3N5O9S. The van der Waals surface area contributed by atoms with Gasteiger partial charge < -0.3 is 29.7 Å². The summed E-state index contributed by atoms with van der Waals surface area (Å²) in [6.45, 7) is 4.74. The maximum absolute atomic E-state index is 14.7. The van der Waals surface area contributed by atoms with Crippen LogP contribution in [0.4, 0.5) is 18.0 Å². The first-order valence-corrected chi connectivity index (χ1v) is 20.7. The summed E-state index contributed by atoms with van der Waals surface area (Å²) in [7, 11) is -2.82. The molecule has 4 aliphatic rings. The summed E-state index contributed by atoms with van der Waals surface area (Å²) in [6, 6.07) is 4.33. The van der Waals surface area contributed by atoms with Crippen LogP contribution in [0.1, 0.15) is 72.6 Å². The van der Waals surface area contributed by atoms with Crippen LogP contribution in [0.25, 0.3) is 10.8 Å². The smallest absolute Gasteiger partial charge is 0.427 e. The highest BCUT2D eigenvalue weighted by Crippen LogP contribution is 2.49. The summed E-state index contributed by atoms with van der Waals surface area (Å²) in [5.41, 5.74) is -4.59. The van der Waals surface area contributed by atoms with E-state index in [9.17, 15) is 40.8 Å². The molecule has 2 aromatic rings. The van der Waals surface area contributed by atoms with Crippen LogP contribution in [-0.2, 0) is 29.1 Å². The fourth-order valence-corrected chi connectivity index (χ4v) is 8.95. The molecule has 19 heteroatoms. The van der Waals surface area contributed by atoms with Crippen LogP contribution in [0, 0.1) is 17.8 Å². The summed E-state index contributed by atoms with van der Waals surface area (Å²) in [5, 5.41) is 6.37. The molecule has 0 radical (unpaired) electrons. The second-order valence-corrected chi connectivity index (χ2v) is 19.0. The number of hydrogen-bond acceptors (Lipinski definition) is 10. The Labute approximate surface area is 333 Å². The number of hydrogen-bond donors (Lipinski definition) is 3. The van der Waals surface area contributed by atoms with Crippen LogP contribution >= 0.6 is 11.6 Å². The number of alkyl halides is 4. The first kappa shape index (κ1) is 42.3. The molecule has 0 bridgehead atoms. The third kappa shape index (κ3) is 8.61. The number of carbonyl (C=O) groups excluding carboxylic acids is 4. The van der Waals surface area contributed by atoms with Gasteiger partial charge in [0.1, 0.15) is 29.5 Å². The summed E-state index contributed by atoms with van der Waals surface area (Å²) < 4.78 is 84.2. The monoisotopic (exact) mass is 841 g/mol. The third-order valence-corrected chi connectivity index (χ3v) is 14.1. The summed E-state index contributed by atoms with van der Waals surface area (Å²) >= 11 is 6.19. The highest BCUT2D eigenvalue weighted by atomic mass is 35.5. The van der Waals surface area contributed by atoms with E-state index < -0.39 is 85.4 Å². The van der Waals surface area contributed by atoms with Crippen LogP contribution in [-0.4, -0.2) is 95.5 Å². The Morgan fingerprint density at radius 1 is 1.09 bits per heavy atom. The quantitative estimate of drug-likeness (QED) is 0.239. The lowest BCUT2D eigenvalue weighted by Crippen LogP contribution is -2.59. The van der Waals surface area contributed by atoms with Gasteiger partial charge in [-0.2, -0.15) is 13.2 Å². The third-order valence-electron chi connectivity index (χ3n) is 11.3. The van der Waals surface area contributed by atoms with Crippen molar-refractivity contribution < 1.29 is 55.0 Å². The van der Waals surface area contributed by atoms with E-state index in [1.54, 1.807) is 37.3 Å². The van der Waals surface area contributed by atoms with Crippen LogP contribution < -0.4 is 24.8 Å². The highest BCUT2D eigenvalue weighted by molar-refractivity contribution is 7.93. The van der Waals surface area contributed by atoms with E-state index in [-0.39, 0.29) is 44.0 Å². The number of alkyl carbamates (subject to hydrolysis) is 1. The van der Waals surface area contributed by atoms with Crippen molar-refractivity contribution in [2.75, 3.05) is 13.7 Å². The largest absolute Gasteiger partial charge is 0.494 e. The average molecular weight is 842 g/mol. The molecule has 0 unspecified atom stereocenters. The average Bonchev–Trinajstić information content (AvgIpc) is 4.01. The minimum Gasteiger partial charge on any atom is -0.494 e. The van der Waals surface area contributed by atoms with Gasteiger partial charge in [0.05, 0.1) is 19.9 Å². The molecular weight excluding hydrogens is 795 g/mol. The number of allylic oxidation sites excluding steroid dienone is 1. The molecule has 1 saturated heterocycles. The summed E-state index contributed by atoms with van der Waals surface area (Å²) in [5.74, 6) is -3.23. The zero-order chi connectivity index (χ0) is 41.7. The summed E-state index contributed by atoms with van der Waals surface area (Å²) in [6.07, 6.45) is -0.548. The normalized spacial score (nSPS) is 29.7. The first-order valence-electron chi connectivity index (χ1n) is 18.8. The molecule has 1 aromatic carbocycles. The molecule has 2 aliphatic heterocycles. The van der Waals surface area contributed by atoms with Gasteiger partial charge in [0.15, 0.2) is 4.21 Å². The number of sulfonamides is 1. The van der Waals surface area contributed by atoms with Crippen molar-refractivity contribution in [3.05, 3.63) is 42.6 Å². The lowest BCUT2D eigenvalue weighted by molar-refractivity contribution is -0.244. The van der Waals surface area contributed by atoms with Crippen molar-refractivity contribution in [2.45, 2.75) is 112 Å². The maximum atomic E-state index is 14.7. The molecule has 3 heterocycles. The van der Waals surface area contributed by atoms with Crippen molar-refractivity contribution >= 4 is 56.2 Å². The van der Waals surface area contributed by atoms with Crippen molar-refractivity contribution in [3.63, 3.8) is 0 Å². The number of fused-ring (bicyclic) bond motifs is 3. The number of nitrogens with zero attached hydrogens (tertiary/aromatic N) is 2. The molecule has 2 saturated carbocycles. The van der Waals surface area contributed by atoms with E-state index in [2.05, 4.69) is 20.3 Å². The zero-order valence-electron chi connectivity index (χ0n) is 32.2. The Morgan fingerprint density at radius 3 is 2.42 bits per heavy atom. The van der Waals surface area contributed by atoms with Crippen molar-refractivity contribution in [1.29, 1.82) is 0 Å². The van der Waals surface area contributed by atoms with Gasteiger partial charge in [-0.05, 0) is 70.3 Å². The lowest BCUT2D eigenvalue weighted by atomic mass is 9.88. The number of aromatic nitrogens is 1. The molecule has 7 atom stereocenters. The van der Waals surface area contributed by atoms with Crippen LogP contribution in [0.15, 0.2) is 42.6 Å². The Hall–Kier alpha value is -4.32. The molecule has 312 valence electrons. The van der Waals surface area contributed by atoms with E-state index >= 15 is 0 Å². The number of nitrogens with one attached hydrogen (secondary N) is 3. The van der Waals surface area contributed by atoms with Gasteiger partial charge in [0, 0.05) is 23.1 Å². The fraction of sp³-hybridized carbons (Fsp3) is 0.605. The van der Waals surface area contributed by atoms with Crippen LogP contribution in [0.2, 0.25) is 0 Å². The molecule has 1 aromatic heterocycles. The van der Waals surface area contributed by atoms with Gasteiger partial charge in [-0.1, -0.05) is 55.8 Å². The standard InChI is InChI=1S/C38H47ClF3N5O9S/c1-21-10-6-7-11-23-18-37(23,33(50)46-57(52,53)36(39)14-15-36)45-30(48)27-17-24(55-31-26-13-9-8-12-25(26)28(54-5)19-43-31)20-47(27)32(49)29(22(2)16-21)44-34(51)56-35(3,4)38(40,41)42/h7-9,11-13,19,21-24,27,29H,6,10,14-18,20H2,1-5H3,(H,44,51)(H,45,48)(H,46,50)/b11-7-/t21-,22-,23-,24-,27+,29+,37-/m1/s1. The van der Waals surface area contributed by atoms with Crippen LogP contribution in [0.5, 0.6) is 11.6 Å². The number of carbonyl (C=O) groups is 4. The van der Waals surface area contributed by atoms with Gasteiger partial charge in [0.2, 0.25) is 23.3 Å². The van der Waals surface area contributed by atoms with E-state index in [4.69, 9.17) is 25.8 Å². The fourth-order valence-electron chi connectivity index (χ4n) is 7.49. The van der Waals surface area contributed by atoms with Gasteiger partial charge in [0.25, 0.3) is 15.9 Å². The number of halogens is 4. The van der Waals surface area contributed by atoms with E-state index in [1.165, 1.54) is 18.2 Å². The van der Waals surface area contributed by atoms with E-state index in [0.717, 1.165) is 0 Å². The number of amides is 4. The highest BCUT2D eigenvalue weighted by Gasteiger charge is 2.64. The molecule has 3 N–H and O–H groups in total. The molecule has 6 rings (SSSR count). The summed E-state index contributed by atoms with van der Waals surface area (Å²) in [4.78, 5) is 61.7. The molecule has 4 amide bonds. The minimum absolute atomic E-state index is 0.0509.